The Balaban J connectivity index is 2.01. The molecule has 5 heteroatoms. The van der Waals surface area contributed by atoms with Gasteiger partial charge in [-0.05, 0) is 54.0 Å². The van der Waals surface area contributed by atoms with Gasteiger partial charge in [0.2, 0.25) is 0 Å². The van der Waals surface area contributed by atoms with Gasteiger partial charge in [0.25, 0.3) is 0 Å². The van der Waals surface area contributed by atoms with E-state index in [4.69, 9.17) is 0 Å². The molecular weight excluding hydrogens is 306 g/mol. The summed E-state index contributed by atoms with van der Waals surface area (Å²) in [6.07, 6.45) is 10.2. The molecule has 0 aromatic heterocycles. The Kier molecular flexibility index (Phi) is 3.93. The van der Waals surface area contributed by atoms with Crippen molar-refractivity contribution in [3.05, 3.63) is 47.1 Å². The molecule has 0 spiro atoms. The van der Waals surface area contributed by atoms with Gasteiger partial charge in [0.15, 0.2) is 9.84 Å². The fourth-order valence-corrected chi connectivity index (χ4v) is 4.34. The molecule has 0 aliphatic heterocycles. The van der Waals surface area contributed by atoms with Crippen molar-refractivity contribution in [1.29, 1.82) is 0 Å². The molecule has 0 unspecified atom stereocenters. The van der Waals surface area contributed by atoms with Crippen LogP contribution in [0, 0.1) is 17.6 Å². The topological polar surface area (TPSA) is 34.1 Å². The highest BCUT2D eigenvalue weighted by Gasteiger charge is 2.27. The van der Waals surface area contributed by atoms with Gasteiger partial charge < -0.3 is 0 Å². The average Bonchev–Trinajstić information content (AvgIpc) is 3.07. The van der Waals surface area contributed by atoms with Gasteiger partial charge in [0.1, 0.15) is 16.5 Å². The molecule has 0 atom stereocenters. The monoisotopic (exact) mass is 324 g/mol. The van der Waals surface area contributed by atoms with Crippen LogP contribution in [-0.4, -0.2) is 14.7 Å². The van der Waals surface area contributed by atoms with Crippen molar-refractivity contribution in [3.63, 3.8) is 0 Å². The summed E-state index contributed by atoms with van der Waals surface area (Å²) < 4.78 is 51.1. The maximum atomic E-state index is 14.1. The Hall–Kier alpha value is -1.49. The lowest BCUT2D eigenvalue weighted by Gasteiger charge is -2.16. The first kappa shape index (κ1) is 15.4. The van der Waals surface area contributed by atoms with Crippen molar-refractivity contribution in [2.24, 2.45) is 5.92 Å². The van der Waals surface area contributed by atoms with Gasteiger partial charge in [-0.3, -0.25) is 0 Å². The molecule has 0 bridgehead atoms. The predicted molar refractivity (Wildman–Crippen MR) is 82.1 cm³/mol. The van der Waals surface area contributed by atoms with Gasteiger partial charge in [0.05, 0.1) is 0 Å². The van der Waals surface area contributed by atoms with Crippen LogP contribution in [0.5, 0.6) is 0 Å². The average molecular weight is 324 g/mol. The second-order valence-electron chi connectivity index (χ2n) is 6.04. The number of benzene rings is 1. The number of allylic oxidation sites excluding steroid dienone is 4. The summed E-state index contributed by atoms with van der Waals surface area (Å²) in [5, 5.41) is 0. The Morgan fingerprint density at radius 1 is 1.05 bits per heavy atom. The van der Waals surface area contributed by atoms with Crippen LogP contribution in [0.15, 0.2) is 34.8 Å². The van der Waals surface area contributed by atoms with Crippen molar-refractivity contribution < 1.29 is 17.2 Å². The molecule has 2 nitrogen and oxygen atoms in total. The zero-order valence-corrected chi connectivity index (χ0v) is 13.2. The van der Waals surface area contributed by atoms with Crippen LogP contribution in [-0.2, 0) is 9.84 Å². The molecule has 118 valence electrons. The molecular formula is C17H18F2O2S. The van der Waals surface area contributed by atoms with Crippen LogP contribution in [0.4, 0.5) is 8.78 Å². The fraction of sp³-hybridized carbons (Fsp3) is 0.412. The highest BCUT2D eigenvalue weighted by Crippen LogP contribution is 2.42. The van der Waals surface area contributed by atoms with Crippen molar-refractivity contribution in [2.75, 3.05) is 6.26 Å². The van der Waals surface area contributed by atoms with E-state index in [0.717, 1.165) is 48.8 Å². The number of hydrogen-bond acceptors (Lipinski definition) is 2. The molecule has 0 N–H and O–H groups in total. The second kappa shape index (κ2) is 5.61. The standard InChI is InChI=1S/C17H18F2O2S/c1-22(20,21)17-15(18)9-12(10-16(17)19)14-8-4-7-13(14)11-5-2-3-6-11/h7-11H,2-6H2,1H3. The molecule has 2 aliphatic carbocycles. The molecule has 1 fully saturated rings. The van der Waals surface area contributed by atoms with E-state index in [1.54, 1.807) is 0 Å². The number of hydrogen-bond donors (Lipinski definition) is 0. The molecule has 3 rings (SSSR count). The number of halogens is 2. The van der Waals surface area contributed by atoms with E-state index >= 15 is 0 Å². The molecule has 1 aromatic carbocycles. The fourth-order valence-electron chi connectivity index (χ4n) is 3.51. The molecule has 0 amide bonds. The van der Waals surface area contributed by atoms with E-state index in [-0.39, 0.29) is 0 Å². The van der Waals surface area contributed by atoms with E-state index in [1.807, 2.05) is 6.08 Å². The summed E-state index contributed by atoms with van der Waals surface area (Å²) in [6.45, 7) is 0. The first-order valence-corrected chi connectivity index (χ1v) is 9.37. The predicted octanol–water partition coefficient (Wildman–Crippen LogP) is 4.27. The summed E-state index contributed by atoms with van der Waals surface area (Å²) in [7, 11) is -3.92. The van der Waals surface area contributed by atoms with Gasteiger partial charge in [-0.2, -0.15) is 0 Å². The van der Waals surface area contributed by atoms with E-state index in [1.165, 1.54) is 12.8 Å². The van der Waals surface area contributed by atoms with Crippen LogP contribution in [0.1, 0.15) is 37.7 Å². The maximum absolute atomic E-state index is 14.1. The smallest absolute Gasteiger partial charge is 0.181 e. The van der Waals surface area contributed by atoms with E-state index in [2.05, 4.69) is 6.08 Å². The molecule has 1 saturated carbocycles. The third-order valence-electron chi connectivity index (χ3n) is 4.45. The van der Waals surface area contributed by atoms with E-state index < -0.39 is 26.4 Å². The summed E-state index contributed by atoms with van der Waals surface area (Å²) in [4.78, 5) is -0.846. The first-order chi connectivity index (χ1) is 10.4. The van der Waals surface area contributed by atoms with Crippen molar-refractivity contribution >= 4 is 15.4 Å². The zero-order valence-electron chi connectivity index (χ0n) is 12.4. The molecule has 1 aromatic rings. The van der Waals surface area contributed by atoms with Gasteiger partial charge in [-0.1, -0.05) is 25.0 Å². The normalized spacial score (nSPS) is 19.4. The first-order valence-electron chi connectivity index (χ1n) is 7.48. The lowest BCUT2D eigenvalue weighted by Crippen LogP contribution is -2.06. The van der Waals surface area contributed by atoms with E-state index in [9.17, 15) is 17.2 Å². The Morgan fingerprint density at radius 3 is 2.18 bits per heavy atom. The number of rotatable bonds is 3. The van der Waals surface area contributed by atoms with Gasteiger partial charge in [0, 0.05) is 6.26 Å². The number of sulfone groups is 1. The summed E-state index contributed by atoms with van der Waals surface area (Å²) in [5.74, 6) is -1.58. The molecule has 22 heavy (non-hydrogen) atoms. The molecule has 2 aliphatic rings. The summed E-state index contributed by atoms with van der Waals surface area (Å²) in [6, 6.07) is 2.28. The van der Waals surface area contributed by atoms with Crippen molar-refractivity contribution in [1.82, 2.24) is 0 Å². The zero-order chi connectivity index (χ0) is 15.9. The van der Waals surface area contributed by atoms with Gasteiger partial charge in [-0.15, -0.1) is 0 Å². The molecule has 0 saturated heterocycles. The highest BCUT2D eigenvalue weighted by molar-refractivity contribution is 7.90. The Bertz CT molecular complexity index is 747. The third-order valence-corrected chi connectivity index (χ3v) is 5.58. The summed E-state index contributed by atoms with van der Waals surface area (Å²) >= 11 is 0. The highest BCUT2D eigenvalue weighted by atomic mass is 32.2. The minimum atomic E-state index is -3.92. The Morgan fingerprint density at radius 2 is 1.64 bits per heavy atom. The third kappa shape index (κ3) is 2.74. The largest absolute Gasteiger partial charge is 0.224 e. The van der Waals surface area contributed by atoms with Gasteiger partial charge in [-0.25, -0.2) is 17.2 Å². The van der Waals surface area contributed by atoms with Crippen LogP contribution < -0.4 is 0 Å². The quantitative estimate of drug-likeness (QED) is 0.832. The van der Waals surface area contributed by atoms with Crippen LogP contribution in [0.3, 0.4) is 0 Å². The van der Waals surface area contributed by atoms with Gasteiger partial charge >= 0.3 is 0 Å². The van der Waals surface area contributed by atoms with Crippen LogP contribution in [0.2, 0.25) is 0 Å². The molecule has 0 radical (unpaired) electrons. The minimum absolute atomic E-state index is 0.429. The van der Waals surface area contributed by atoms with Crippen molar-refractivity contribution in [3.8, 4) is 0 Å². The second-order valence-corrected chi connectivity index (χ2v) is 7.99. The van der Waals surface area contributed by atoms with Crippen LogP contribution in [0.25, 0.3) is 5.57 Å². The van der Waals surface area contributed by atoms with Crippen LogP contribution >= 0.6 is 0 Å². The Labute approximate surface area is 129 Å². The minimum Gasteiger partial charge on any atom is -0.224 e. The summed E-state index contributed by atoms with van der Waals surface area (Å²) in [5.41, 5.74) is 2.44. The SMILES string of the molecule is CS(=O)(=O)c1c(F)cc(C2=CCC=C2C2CCCC2)cc1F. The molecule has 0 heterocycles. The van der Waals surface area contributed by atoms with E-state index in [0.29, 0.717) is 11.5 Å². The maximum Gasteiger partial charge on any atom is 0.181 e. The lowest BCUT2D eigenvalue weighted by molar-refractivity contribution is 0.520. The lowest BCUT2D eigenvalue weighted by atomic mass is 9.89. The van der Waals surface area contributed by atoms with Crippen molar-refractivity contribution in [2.45, 2.75) is 37.0 Å².